The number of nitrogens with zero attached hydrogens (tertiary/aromatic N) is 4. The average Bonchev–Trinajstić information content (AvgIpc) is 2.91. The van der Waals surface area contributed by atoms with E-state index in [-0.39, 0.29) is 23.2 Å². The largest absolute Gasteiger partial charge is 0.446 e. The molecular weight excluding hydrogens is 367 g/mol. The van der Waals surface area contributed by atoms with Gasteiger partial charge in [-0.3, -0.25) is 0 Å². The fourth-order valence-electron chi connectivity index (χ4n) is 2.41. The van der Waals surface area contributed by atoms with Gasteiger partial charge in [-0.15, -0.1) is 0 Å². The summed E-state index contributed by atoms with van der Waals surface area (Å²) < 4.78 is 38.5. The van der Waals surface area contributed by atoms with Crippen molar-refractivity contribution in [2.45, 2.75) is 23.9 Å². The summed E-state index contributed by atoms with van der Waals surface area (Å²) in [7, 11) is 0. The Kier molecular flexibility index (Phi) is 4.77. The summed E-state index contributed by atoms with van der Waals surface area (Å²) in [6.45, 7) is 2.12. The Morgan fingerprint density at radius 3 is 2.46 bits per heavy atom. The number of anilines is 1. The van der Waals surface area contributed by atoms with E-state index >= 15 is 0 Å². The van der Waals surface area contributed by atoms with Crippen molar-refractivity contribution in [1.82, 2.24) is 19.8 Å². The zero-order valence-electron chi connectivity index (χ0n) is 13.6. The van der Waals surface area contributed by atoms with Gasteiger partial charge in [0.2, 0.25) is 0 Å². The first kappa shape index (κ1) is 18.1. The Hall–Kier alpha value is -2.75. The minimum atomic E-state index is -4.37. The highest BCUT2D eigenvalue weighted by Crippen LogP contribution is 2.36. The van der Waals surface area contributed by atoms with Crippen LogP contribution in [0.3, 0.4) is 0 Å². The normalized spacial score (nSPS) is 11.7. The first-order valence-electron chi connectivity index (χ1n) is 7.47. The Balaban J connectivity index is 1.90. The smallest absolute Gasteiger partial charge is 0.399 e. The van der Waals surface area contributed by atoms with Crippen LogP contribution in [0.15, 0.2) is 52.2 Å². The molecule has 0 bridgehead atoms. The molecule has 26 heavy (non-hydrogen) atoms. The minimum Gasteiger partial charge on any atom is -0.399 e. The van der Waals surface area contributed by atoms with E-state index in [4.69, 9.17) is 5.73 Å². The second-order valence-electron chi connectivity index (χ2n) is 5.55. The maximum Gasteiger partial charge on any atom is 0.446 e. The molecule has 0 unspecified atom stereocenters. The fourth-order valence-corrected chi connectivity index (χ4v) is 2.94. The first-order valence-corrected chi connectivity index (χ1v) is 8.28. The molecule has 10 heteroatoms. The monoisotopic (exact) mass is 381 g/mol. The quantitative estimate of drug-likeness (QED) is 0.555. The molecule has 3 rings (SSSR count). The number of thioether (sulfide) groups is 1. The van der Waals surface area contributed by atoms with Crippen LogP contribution in [0.25, 0.3) is 5.69 Å². The predicted molar refractivity (Wildman–Crippen MR) is 92.2 cm³/mol. The fraction of sp³-hybridized carbons (Fsp3) is 0.188. The number of nitrogens with two attached hydrogens (primary N) is 1. The molecule has 0 amide bonds. The van der Waals surface area contributed by atoms with E-state index in [1.165, 1.54) is 33.7 Å². The van der Waals surface area contributed by atoms with Gasteiger partial charge < -0.3 is 5.73 Å². The van der Waals surface area contributed by atoms with Crippen LogP contribution in [0.2, 0.25) is 0 Å². The van der Waals surface area contributed by atoms with Crippen molar-refractivity contribution in [3.05, 3.63) is 64.1 Å². The lowest BCUT2D eigenvalue weighted by atomic mass is 10.1. The number of alkyl halides is 3. The van der Waals surface area contributed by atoms with E-state index in [0.29, 0.717) is 11.4 Å². The summed E-state index contributed by atoms with van der Waals surface area (Å²) in [5.41, 5.74) is 3.59. The van der Waals surface area contributed by atoms with Gasteiger partial charge in [-0.2, -0.15) is 22.6 Å². The zero-order valence-corrected chi connectivity index (χ0v) is 14.4. The Bertz CT molecular complexity index is 979. The number of aryl methyl sites for hydroxylation is 1. The summed E-state index contributed by atoms with van der Waals surface area (Å²) in [4.78, 5) is 13.4. The van der Waals surface area contributed by atoms with Gasteiger partial charge in [0.25, 0.3) is 0 Å². The van der Waals surface area contributed by atoms with Gasteiger partial charge in [0.05, 0.1) is 12.2 Å². The molecule has 0 saturated heterocycles. The molecule has 2 aromatic carbocycles. The predicted octanol–water partition coefficient (Wildman–Crippen LogP) is 2.98. The highest BCUT2D eigenvalue weighted by Gasteiger charge is 2.29. The lowest BCUT2D eigenvalue weighted by molar-refractivity contribution is -0.0328. The van der Waals surface area contributed by atoms with Gasteiger partial charge in [-0.1, -0.05) is 17.2 Å². The summed E-state index contributed by atoms with van der Waals surface area (Å²) in [6, 6.07) is 10.9. The molecule has 0 fully saturated rings. The molecule has 1 heterocycles. The van der Waals surface area contributed by atoms with Crippen LogP contribution in [0.1, 0.15) is 11.1 Å². The van der Waals surface area contributed by atoms with Crippen LogP contribution in [0, 0.1) is 6.92 Å². The van der Waals surface area contributed by atoms with Gasteiger partial charge in [0.1, 0.15) is 0 Å². The number of nitrogen functional groups attached to an aromatic ring is 1. The van der Waals surface area contributed by atoms with Crippen LogP contribution in [-0.4, -0.2) is 25.3 Å². The zero-order chi connectivity index (χ0) is 18.9. The summed E-state index contributed by atoms with van der Waals surface area (Å²) >= 11 is -0.217. The number of hydrogen-bond donors (Lipinski definition) is 1. The van der Waals surface area contributed by atoms with E-state index in [9.17, 15) is 18.0 Å². The van der Waals surface area contributed by atoms with Crippen LogP contribution < -0.4 is 11.4 Å². The van der Waals surface area contributed by atoms with E-state index < -0.39 is 11.2 Å². The third-order valence-electron chi connectivity index (χ3n) is 3.62. The highest BCUT2D eigenvalue weighted by atomic mass is 32.2. The molecule has 0 aliphatic rings. The summed E-state index contributed by atoms with van der Waals surface area (Å²) in [6.07, 6.45) is 0. The molecule has 1 aromatic heterocycles. The van der Waals surface area contributed by atoms with Crippen LogP contribution >= 0.6 is 11.8 Å². The number of tetrazole rings is 1. The van der Waals surface area contributed by atoms with Gasteiger partial charge in [-0.05, 0) is 65.4 Å². The maximum atomic E-state index is 12.4. The van der Waals surface area contributed by atoms with Gasteiger partial charge >= 0.3 is 11.2 Å². The van der Waals surface area contributed by atoms with Crippen molar-refractivity contribution in [2.75, 3.05) is 5.73 Å². The molecule has 0 spiro atoms. The van der Waals surface area contributed by atoms with Crippen molar-refractivity contribution < 1.29 is 13.2 Å². The molecule has 0 atom stereocenters. The summed E-state index contributed by atoms with van der Waals surface area (Å²) in [5, 5.41) is 7.34. The molecule has 6 nitrogen and oxygen atoms in total. The van der Waals surface area contributed by atoms with Crippen LogP contribution in [-0.2, 0) is 6.54 Å². The lowest BCUT2D eigenvalue weighted by Crippen LogP contribution is -2.22. The molecule has 136 valence electrons. The van der Waals surface area contributed by atoms with Crippen molar-refractivity contribution in [1.29, 1.82) is 0 Å². The maximum absolute atomic E-state index is 12.4. The Morgan fingerprint density at radius 1 is 1.15 bits per heavy atom. The van der Waals surface area contributed by atoms with Gasteiger partial charge in [0, 0.05) is 10.6 Å². The van der Waals surface area contributed by atoms with E-state index in [0.717, 1.165) is 11.1 Å². The number of halogens is 3. The minimum absolute atomic E-state index is 0.0301. The number of rotatable bonds is 4. The number of benzene rings is 2. The average molecular weight is 381 g/mol. The van der Waals surface area contributed by atoms with E-state index in [1.807, 2.05) is 19.1 Å². The molecule has 0 aliphatic heterocycles. The number of aromatic nitrogens is 4. The van der Waals surface area contributed by atoms with E-state index in [1.54, 1.807) is 6.07 Å². The molecule has 0 saturated carbocycles. The molecule has 3 aromatic rings. The second-order valence-corrected chi connectivity index (χ2v) is 6.69. The molecule has 2 N–H and O–H groups in total. The van der Waals surface area contributed by atoms with Crippen molar-refractivity contribution in [3.8, 4) is 5.69 Å². The standard InChI is InChI=1S/C16H14F3N5OS/c1-10-8-11(2-7-14(10)20)9-23-22-21-15(25)24(23)12-3-5-13(6-4-12)26-16(17,18)19/h2-8H,9,20H2,1H3. The molecular formula is C16H14F3N5OS. The van der Waals surface area contributed by atoms with Gasteiger partial charge in [-0.25, -0.2) is 4.79 Å². The third kappa shape index (κ3) is 4.07. The van der Waals surface area contributed by atoms with Crippen LogP contribution in [0.4, 0.5) is 18.9 Å². The highest BCUT2D eigenvalue weighted by molar-refractivity contribution is 8.00. The summed E-state index contributed by atoms with van der Waals surface area (Å²) in [5.74, 6) is 0. The van der Waals surface area contributed by atoms with E-state index in [2.05, 4.69) is 10.3 Å². The Labute approximate surface area is 150 Å². The molecule has 0 radical (unpaired) electrons. The van der Waals surface area contributed by atoms with Crippen LogP contribution in [0.5, 0.6) is 0 Å². The number of hydrogen-bond acceptors (Lipinski definition) is 5. The first-order chi connectivity index (χ1) is 12.2. The van der Waals surface area contributed by atoms with Crippen molar-refractivity contribution >= 4 is 17.4 Å². The second kappa shape index (κ2) is 6.87. The lowest BCUT2D eigenvalue weighted by Gasteiger charge is -2.11. The third-order valence-corrected chi connectivity index (χ3v) is 4.36. The SMILES string of the molecule is Cc1cc(Cn2nnc(=O)n2-c2ccc(SC(F)(F)F)cc2)ccc1N. The van der Waals surface area contributed by atoms with Crippen molar-refractivity contribution in [2.24, 2.45) is 0 Å². The van der Waals surface area contributed by atoms with Crippen molar-refractivity contribution in [3.63, 3.8) is 0 Å². The molecule has 0 aliphatic carbocycles. The van der Waals surface area contributed by atoms with Gasteiger partial charge in [0.15, 0.2) is 0 Å². The Morgan fingerprint density at radius 2 is 1.85 bits per heavy atom. The topological polar surface area (TPSA) is 78.7 Å².